The van der Waals surface area contributed by atoms with E-state index >= 15 is 0 Å². The molecule has 2 fully saturated rings. The largest absolute Gasteiger partial charge is 0.496 e. The Bertz CT molecular complexity index is 799. The number of likely N-dealkylation sites (tertiary alicyclic amines) is 1. The summed E-state index contributed by atoms with van der Waals surface area (Å²) in [6, 6.07) is 5.83. The first-order valence-electron chi connectivity index (χ1n) is 9.44. The third-order valence-electron chi connectivity index (χ3n) is 5.82. The fourth-order valence-electron chi connectivity index (χ4n) is 3.68. The smallest absolute Gasteiger partial charge is 0.258 e. The van der Waals surface area contributed by atoms with E-state index in [1.54, 1.807) is 0 Å². The molecule has 2 atom stereocenters. The minimum absolute atomic E-state index is 0.147. The highest BCUT2D eigenvalue weighted by molar-refractivity contribution is 5.97. The average molecular weight is 388 g/mol. The maximum Gasteiger partial charge on any atom is 0.258 e. The van der Waals surface area contributed by atoms with E-state index in [4.69, 9.17) is 4.74 Å². The molecule has 0 radical (unpaired) electrons. The number of carbonyl (C=O) groups excluding carboxylic acids is 2. The lowest BCUT2D eigenvalue weighted by Gasteiger charge is -2.41. The summed E-state index contributed by atoms with van der Waals surface area (Å²) in [5.41, 5.74) is -1.17. The quantitative estimate of drug-likeness (QED) is 0.796. The predicted octanol–water partition coefficient (Wildman–Crippen LogP) is 1.45. The Hall–Kier alpha value is -2.66. The molecule has 150 valence electrons. The number of nitrogens with one attached hydrogen (secondary N) is 2. The molecule has 1 aromatic rings. The number of nitriles is 1. The first kappa shape index (κ1) is 20.1. The molecule has 1 heterocycles. The zero-order valence-electron chi connectivity index (χ0n) is 16.1. The van der Waals surface area contributed by atoms with Gasteiger partial charge in [-0.25, -0.2) is 4.39 Å². The number of nitrogens with zero attached hydrogens (tertiary/aromatic N) is 2. The summed E-state index contributed by atoms with van der Waals surface area (Å²) in [7, 11) is 3.34. The van der Waals surface area contributed by atoms with Crippen molar-refractivity contribution in [2.75, 3.05) is 27.2 Å². The highest BCUT2D eigenvalue weighted by Gasteiger charge is 2.44. The number of halogens is 1. The van der Waals surface area contributed by atoms with Crippen molar-refractivity contribution in [3.05, 3.63) is 29.6 Å². The van der Waals surface area contributed by atoms with Crippen LogP contribution in [0, 0.1) is 22.6 Å². The van der Waals surface area contributed by atoms with Gasteiger partial charge < -0.3 is 20.3 Å². The molecule has 1 saturated carbocycles. The second kappa shape index (κ2) is 8.15. The van der Waals surface area contributed by atoms with Gasteiger partial charge in [0.1, 0.15) is 22.5 Å². The Balaban J connectivity index is 1.63. The Kier molecular flexibility index (Phi) is 5.84. The topological polar surface area (TPSA) is 94.5 Å². The fraction of sp³-hybridized carbons (Fsp3) is 0.550. The van der Waals surface area contributed by atoms with Gasteiger partial charge in [0.15, 0.2) is 0 Å². The number of hydrogen-bond donors (Lipinski definition) is 2. The van der Waals surface area contributed by atoms with Crippen LogP contribution in [-0.4, -0.2) is 56.0 Å². The SMILES string of the molecule is COc1cccc(F)c1C(=O)NC1CCC1NC(=O)C1(C#N)CCN(C)CC1. The molecule has 0 aromatic heterocycles. The van der Waals surface area contributed by atoms with Gasteiger partial charge in [-0.05, 0) is 58.0 Å². The van der Waals surface area contributed by atoms with Crippen molar-refractivity contribution >= 4 is 11.8 Å². The van der Waals surface area contributed by atoms with Crippen molar-refractivity contribution in [2.45, 2.75) is 37.8 Å². The molecule has 2 amide bonds. The molecule has 2 aliphatic rings. The standard InChI is InChI=1S/C20H25FN4O3/c1-25-10-8-20(12-22,9-11-25)19(27)24-15-7-6-14(15)23-18(26)17-13(21)4-3-5-16(17)28-2/h3-5,14-15H,6-11H2,1-2H3,(H,23,26)(H,24,27). The van der Waals surface area contributed by atoms with Gasteiger partial charge in [-0.1, -0.05) is 6.07 Å². The minimum Gasteiger partial charge on any atom is -0.496 e. The molecule has 28 heavy (non-hydrogen) atoms. The third kappa shape index (κ3) is 3.80. The summed E-state index contributed by atoms with van der Waals surface area (Å²) >= 11 is 0. The van der Waals surface area contributed by atoms with Crippen molar-refractivity contribution < 1.29 is 18.7 Å². The number of methoxy groups -OCH3 is 1. The minimum atomic E-state index is -1.02. The summed E-state index contributed by atoms with van der Waals surface area (Å²) in [4.78, 5) is 27.4. The van der Waals surface area contributed by atoms with E-state index < -0.39 is 17.1 Å². The van der Waals surface area contributed by atoms with Gasteiger partial charge in [0.25, 0.3) is 5.91 Å². The van der Waals surface area contributed by atoms with Crippen LogP contribution < -0.4 is 15.4 Å². The van der Waals surface area contributed by atoms with E-state index in [0.29, 0.717) is 38.8 Å². The number of hydrogen-bond acceptors (Lipinski definition) is 5. The molecule has 0 bridgehead atoms. The van der Waals surface area contributed by atoms with Gasteiger partial charge >= 0.3 is 0 Å². The Labute approximate surface area is 163 Å². The molecule has 7 nitrogen and oxygen atoms in total. The van der Waals surface area contributed by atoms with Crippen LogP contribution in [0.4, 0.5) is 4.39 Å². The zero-order valence-corrected chi connectivity index (χ0v) is 16.1. The molecule has 0 spiro atoms. The maximum atomic E-state index is 14.1. The first-order chi connectivity index (χ1) is 13.4. The molecule has 1 aromatic carbocycles. The van der Waals surface area contributed by atoms with Crippen LogP contribution >= 0.6 is 0 Å². The van der Waals surface area contributed by atoms with Crippen LogP contribution in [0.25, 0.3) is 0 Å². The van der Waals surface area contributed by atoms with Gasteiger partial charge in [-0.2, -0.15) is 5.26 Å². The number of benzene rings is 1. The Morgan fingerprint density at radius 1 is 1.25 bits per heavy atom. The number of piperidine rings is 1. The summed E-state index contributed by atoms with van der Waals surface area (Å²) in [6.45, 7) is 1.39. The van der Waals surface area contributed by atoms with Crippen LogP contribution in [-0.2, 0) is 4.79 Å². The molecule has 2 unspecified atom stereocenters. The first-order valence-corrected chi connectivity index (χ1v) is 9.44. The van der Waals surface area contributed by atoms with Crippen molar-refractivity contribution in [3.63, 3.8) is 0 Å². The fourth-order valence-corrected chi connectivity index (χ4v) is 3.68. The van der Waals surface area contributed by atoms with E-state index in [-0.39, 0.29) is 29.3 Å². The molecular formula is C20H25FN4O3. The maximum absolute atomic E-state index is 14.1. The molecule has 1 saturated heterocycles. The van der Waals surface area contributed by atoms with E-state index in [1.165, 1.54) is 25.3 Å². The molecular weight excluding hydrogens is 363 g/mol. The van der Waals surface area contributed by atoms with E-state index in [2.05, 4.69) is 21.6 Å². The van der Waals surface area contributed by atoms with Crippen molar-refractivity contribution in [1.82, 2.24) is 15.5 Å². The lowest BCUT2D eigenvalue weighted by atomic mass is 9.77. The third-order valence-corrected chi connectivity index (χ3v) is 5.82. The van der Waals surface area contributed by atoms with Crippen molar-refractivity contribution in [1.29, 1.82) is 5.26 Å². The van der Waals surface area contributed by atoms with Gasteiger partial charge in [-0.15, -0.1) is 0 Å². The summed E-state index contributed by atoms with van der Waals surface area (Å²) in [5.74, 6) is -1.36. The molecule has 2 N–H and O–H groups in total. The average Bonchev–Trinajstić information content (AvgIpc) is 2.69. The summed E-state index contributed by atoms with van der Waals surface area (Å²) < 4.78 is 19.2. The number of ether oxygens (including phenoxy) is 1. The van der Waals surface area contributed by atoms with Crippen LogP contribution in [0.1, 0.15) is 36.0 Å². The Morgan fingerprint density at radius 2 is 1.89 bits per heavy atom. The summed E-state index contributed by atoms with van der Waals surface area (Å²) in [5, 5.41) is 15.3. The normalized spacial score (nSPS) is 23.8. The van der Waals surface area contributed by atoms with Gasteiger partial charge in [-0.3, -0.25) is 9.59 Å². The monoisotopic (exact) mass is 388 g/mol. The van der Waals surface area contributed by atoms with Gasteiger partial charge in [0.05, 0.1) is 13.2 Å². The van der Waals surface area contributed by atoms with E-state index in [1.807, 2.05) is 7.05 Å². The van der Waals surface area contributed by atoms with Crippen LogP contribution in [0.5, 0.6) is 5.75 Å². The zero-order chi connectivity index (χ0) is 20.3. The number of rotatable bonds is 5. The van der Waals surface area contributed by atoms with Gasteiger partial charge in [0, 0.05) is 12.1 Å². The molecule has 1 aliphatic heterocycles. The van der Waals surface area contributed by atoms with Crippen LogP contribution in [0.3, 0.4) is 0 Å². The molecule has 8 heteroatoms. The second-order valence-electron chi connectivity index (χ2n) is 7.55. The van der Waals surface area contributed by atoms with Crippen molar-refractivity contribution in [3.8, 4) is 11.8 Å². The van der Waals surface area contributed by atoms with E-state index in [9.17, 15) is 19.2 Å². The molecule has 3 rings (SSSR count). The summed E-state index contributed by atoms with van der Waals surface area (Å²) in [6.07, 6.45) is 2.35. The predicted molar refractivity (Wildman–Crippen MR) is 100 cm³/mol. The van der Waals surface area contributed by atoms with Crippen molar-refractivity contribution in [2.24, 2.45) is 5.41 Å². The van der Waals surface area contributed by atoms with Gasteiger partial charge in [0.2, 0.25) is 5.91 Å². The number of carbonyl (C=O) groups is 2. The lowest BCUT2D eigenvalue weighted by molar-refractivity contribution is -0.131. The highest BCUT2D eigenvalue weighted by Crippen LogP contribution is 2.32. The second-order valence-corrected chi connectivity index (χ2v) is 7.55. The van der Waals surface area contributed by atoms with Crippen LogP contribution in [0.15, 0.2) is 18.2 Å². The molecule has 1 aliphatic carbocycles. The highest BCUT2D eigenvalue weighted by atomic mass is 19.1. The number of amides is 2. The van der Waals surface area contributed by atoms with E-state index in [0.717, 1.165) is 0 Å². The van der Waals surface area contributed by atoms with Crippen LogP contribution in [0.2, 0.25) is 0 Å². The lowest BCUT2D eigenvalue weighted by Crippen LogP contribution is -2.61. The Morgan fingerprint density at radius 3 is 2.46 bits per heavy atom.